The Balaban J connectivity index is 2.25. The third-order valence-corrected chi connectivity index (χ3v) is 3.50. The topological polar surface area (TPSA) is 92.9 Å². The average Bonchev–Trinajstić information content (AvgIpc) is 2.99. The second kappa shape index (κ2) is 6.72. The molecule has 0 radical (unpaired) electrons. The number of hydrogen-bond acceptors (Lipinski definition) is 7. The maximum absolute atomic E-state index is 12.3. The van der Waals surface area contributed by atoms with E-state index in [9.17, 15) is 14.9 Å². The predicted molar refractivity (Wildman–Crippen MR) is 75.0 cm³/mol. The van der Waals surface area contributed by atoms with Gasteiger partial charge in [0.25, 0.3) is 0 Å². The summed E-state index contributed by atoms with van der Waals surface area (Å²) in [6.45, 7) is 1.93. The standard InChI is InChI=1S/C14H11N3O3S/c1-2-20-14(19)11-8-21-13(17-11)10(6-15)12(18)9-4-3-5-16-7-9/h3-5,7-8,10H,2H2,1H3/t10-/m1/s1. The number of aromatic nitrogens is 2. The summed E-state index contributed by atoms with van der Waals surface area (Å²) >= 11 is 1.08. The third kappa shape index (κ3) is 3.30. The fraction of sp³-hybridized carbons (Fsp3) is 0.214. The van der Waals surface area contributed by atoms with E-state index in [0.717, 1.165) is 11.3 Å². The molecule has 0 bridgehead atoms. The summed E-state index contributed by atoms with van der Waals surface area (Å²) in [6, 6.07) is 5.12. The monoisotopic (exact) mass is 301 g/mol. The molecule has 21 heavy (non-hydrogen) atoms. The number of rotatable bonds is 5. The maximum Gasteiger partial charge on any atom is 0.357 e. The lowest BCUT2D eigenvalue weighted by atomic mass is 10.0. The molecule has 0 saturated heterocycles. The van der Waals surface area contributed by atoms with E-state index in [-0.39, 0.29) is 17.3 Å². The first kappa shape index (κ1) is 14.8. The van der Waals surface area contributed by atoms with Gasteiger partial charge in [-0.05, 0) is 19.1 Å². The Morgan fingerprint density at radius 2 is 2.33 bits per heavy atom. The Labute approximate surface area is 125 Å². The number of ether oxygens (including phenoxy) is 1. The minimum Gasteiger partial charge on any atom is -0.461 e. The van der Waals surface area contributed by atoms with Gasteiger partial charge in [-0.1, -0.05) is 0 Å². The molecule has 1 atom stereocenters. The van der Waals surface area contributed by atoms with Crippen molar-refractivity contribution < 1.29 is 14.3 Å². The van der Waals surface area contributed by atoms with Gasteiger partial charge in [-0.2, -0.15) is 5.26 Å². The number of nitriles is 1. The van der Waals surface area contributed by atoms with Crippen LogP contribution in [-0.2, 0) is 4.74 Å². The van der Waals surface area contributed by atoms with Crippen molar-refractivity contribution in [1.29, 1.82) is 5.26 Å². The van der Waals surface area contributed by atoms with Gasteiger partial charge in [-0.3, -0.25) is 9.78 Å². The van der Waals surface area contributed by atoms with Gasteiger partial charge < -0.3 is 4.74 Å². The Morgan fingerprint density at radius 1 is 1.52 bits per heavy atom. The molecule has 0 fully saturated rings. The summed E-state index contributed by atoms with van der Waals surface area (Å²) < 4.78 is 4.83. The van der Waals surface area contributed by atoms with Crippen LogP contribution in [0.3, 0.4) is 0 Å². The highest BCUT2D eigenvalue weighted by Crippen LogP contribution is 2.24. The van der Waals surface area contributed by atoms with Crippen LogP contribution in [0.4, 0.5) is 0 Å². The summed E-state index contributed by atoms with van der Waals surface area (Å²) in [5, 5.41) is 11.0. The fourth-order valence-corrected chi connectivity index (χ4v) is 2.45. The van der Waals surface area contributed by atoms with Gasteiger partial charge in [-0.25, -0.2) is 9.78 Å². The van der Waals surface area contributed by atoms with E-state index < -0.39 is 17.7 Å². The largest absolute Gasteiger partial charge is 0.461 e. The Bertz CT molecular complexity index is 691. The van der Waals surface area contributed by atoms with E-state index in [1.807, 2.05) is 6.07 Å². The molecule has 6 nitrogen and oxygen atoms in total. The van der Waals surface area contributed by atoms with Crippen molar-refractivity contribution in [3.63, 3.8) is 0 Å². The van der Waals surface area contributed by atoms with Gasteiger partial charge in [0.15, 0.2) is 17.4 Å². The van der Waals surface area contributed by atoms with Crippen molar-refractivity contribution in [1.82, 2.24) is 9.97 Å². The zero-order valence-corrected chi connectivity index (χ0v) is 12.0. The Kier molecular flexibility index (Phi) is 4.74. The zero-order chi connectivity index (χ0) is 15.2. The van der Waals surface area contributed by atoms with E-state index in [0.29, 0.717) is 5.56 Å². The van der Waals surface area contributed by atoms with E-state index in [1.54, 1.807) is 25.3 Å². The molecule has 0 aromatic carbocycles. The van der Waals surface area contributed by atoms with Crippen LogP contribution < -0.4 is 0 Å². The molecule has 0 spiro atoms. The van der Waals surface area contributed by atoms with Crippen LogP contribution >= 0.6 is 11.3 Å². The number of hydrogen-bond donors (Lipinski definition) is 0. The molecule has 0 saturated carbocycles. The van der Waals surface area contributed by atoms with Gasteiger partial charge in [0.1, 0.15) is 5.01 Å². The first-order chi connectivity index (χ1) is 10.2. The number of Topliss-reactive ketones (excluding diaryl/α,β-unsaturated/α-hetero) is 1. The third-order valence-electron chi connectivity index (χ3n) is 2.59. The summed E-state index contributed by atoms with van der Waals surface area (Å²) in [5.74, 6) is -2.01. The second-order valence-electron chi connectivity index (χ2n) is 3.96. The lowest BCUT2D eigenvalue weighted by Crippen LogP contribution is -2.12. The minimum atomic E-state index is -1.05. The van der Waals surface area contributed by atoms with Crippen LogP contribution in [0.25, 0.3) is 0 Å². The first-order valence-electron chi connectivity index (χ1n) is 6.13. The van der Waals surface area contributed by atoms with Crippen LogP contribution in [0, 0.1) is 11.3 Å². The SMILES string of the molecule is CCOC(=O)c1csc([C@H](C#N)C(=O)c2cccnc2)n1. The van der Waals surface area contributed by atoms with E-state index in [4.69, 9.17) is 4.74 Å². The molecular weight excluding hydrogens is 290 g/mol. The smallest absolute Gasteiger partial charge is 0.357 e. The maximum atomic E-state index is 12.3. The van der Waals surface area contributed by atoms with Gasteiger partial charge >= 0.3 is 5.97 Å². The molecular formula is C14H11N3O3S. The summed E-state index contributed by atoms with van der Waals surface area (Å²) in [4.78, 5) is 31.7. The number of carbonyl (C=O) groups excluding carboxylic acids is 2. The number of esters is 1. The highest BCUT2D eigenvalue weighted by molar-refractivity contribution is 7.10. The van der Waals surface area contributed by atoms with E-state index in [1.165, 1.54) is 11.6 Å². The number of ketones is 1. The van der Waals surface area contributed by atoms with Crippen LogP contribution in [0.2, 0.25) is 0 Å². The molecule has 0 unspecified atom stereocenters. The molecule has 0 aliphatic rings. The van der Waals surface area contributed by atoms with Crippen LogP contribution in [0.1, 0.15) is 38.7 Å². The quantitative estimate of drug-likeness (QED) is 0.621. The molecule has 2 heterocycles. The molecule has 106 valence electrons. The molecule has 2 rings (SSSR count). The first-order valence-corrected chi connectivity index (χ1v) is 7.01. The van der Waals surface area contributed by atoms with E-state index in [2.05, 4.69) is 9.97 Å². The molecule has 2 aromatic heterocycles. The number of carbonyl (C=O) groups is 2. The van der Waals surface area contributed by atoms with Crippen molar-refractivity contribution in [3.8, 4) is 6.07 Å². The molecule has 0 aliphatic heterocycles. The predicted octanol–water partition coefficient (Wildman–Crippen LogP) is 2.20. The Hall–Kier alpha value is -2.59. The average molecular weight is 301 g/mol. The van der Waals surface area contributed by atoms with Crippen molar-refractivity contribution in [2.45, 2.75) is 12.8 Å². The van der Waals surface area contributed by atoms with Crippen molar-refractivity contribution >= 4 is 23.1 Å². The Morgan fingerprint density at radius 3 is 2.95 bits per heavy atom. The van der Waals surface area contributed by atoms with Gasteiger partial charge in [0, 0.05) is 23.3 Å². The lowest BCUT2D eigenvalue weighted by molar-refractivity contribution is 0.0519. The number of thiazole rings is 1. The van der Waals surface area contributed by atoms with Crippen LogP contribution in [0.5, 0.6) is 0 Å². The normalized spacial score (nSPS) is 11.4. The van der Waals surface area contributed by atoms with Crippen molar-refractivity contribution in [3.05, 3.63) is 46.2 Å². The second-order valence-corrected chi connectivity index (χ2v) is 4.85. The molecule has 0 aliphatic carbocycles. The zero-order valence-electron chi connectivity index (χ0n) is 11.1. The van der Waals surface area contributed by atoms with Gasteiger partial charge in [0.2, 0.25) is 0 Å². The van der Waals surface area contributed by atoms with Crippen molar-refractivity contribution in [2.24, 2.45) is 0 Å². The lowest BCUT2D eigenvalue weighted by Gasteiger charge is -2.04. The van der Waals surface area contributed by atoms with Gasteiger partial charge in [-0.15, -0.1) is 11.3 Å². The molecule has 0 N–H and O–H groups in total. The van der Waals surface area contributed by atoms with Crippen LogP contribution in [-0.4, -0.2) is 28.3 Å². The summed E-state index contributed by atoms with van der Waals surface area (Å²) in [6.07, 6.45) is 2.94. The summed E-state index contributed by atoms with van der Waals surface area (Å²) in [7, 11) is 0. The molecule has 0 amide bonds. The fourth-order valence-electron chi connectivity index (χ4n) is 1.62. The van der Waals surface area contributed by atoms with Crippen molar-refractivity contribution in [2.75, 3.05) is 6.61 Å². The highest BCUT2D eigenvalue weighted by Gasteiger charge is 2.26. The number of nitrogens with zero attached hydrogens (tertiary/aromatic N) is 3. The molecule has 7 heteroatoms. The van der Waals surface area contributed by atoms with Gasteiger partial charge in [0.05, 0.1) is 12.7 Å². The van der Waals surface area contributed by atoms with E-state index >= 15 is 0 Å². The highest BCUT2D eigenvalue weighted by atomic mass is 32.1. The minimum absolute atomic E-state index is 0.107. The van der Waals surface area contributed by atoms with Crippen LogP contribution in [0.15, 0.2) is 29.9 Å². The number of pyridine rings is 1. The molecule has 2 aromatic rings. The summed E-state index contributed by atoms with van der Waals surface area (Å²) in [5.41, 5.74) is 0.438.